The van der Waals surface area contributed by atoms with E-state index in [-0.39, 0.29) is 0 Å². The number of nitrogens with two attached hydrogens (primary N) is 1. The average molecular weight is 419 g/mol. The molecule has 0 aromatic rings. The van der Waals surface area contributed by atoms with E-state index in [4.69, 9.17) is 30.3 Å². The summed E-state index contributed by atoms with van der Waals surface area (Å²) in [5, 5.41) is 28.1. The Morgan fingerprint density at radius 3 is 1.96 bits per heavy atom. The predicted molar refractivity (Wildman–Crippen MR) is 70.7 cm³/mol. The Morgan fingerprint density at radius 1 is 0.958 bits per heavy atom. The molecule has 144 valence electrons. The van der Waals surface area contributed by atoms with E-state index in [2.05, 4.69) is 13.1 Å². The predicted octanol–water partition coefficient (Wildman–Crippen LogP) is -2.90. The maximum absolute atomic E-state index is 11.6. The van der Waals surface area contributed by atoms with Crippen LogP contribution in [-0.2, 0) is 31.6 Å². The molecule has 0 bridgehead atoms. The van der Waals surface area contributed by atoms with Crippen molar-refractivity contribution in [1.29, 1.82) is 0 Å². The van der Waals surface area contributed by atoms with Gasteiger partial charge in [-0.2, -0.15) is 8.62 Å². The van der Waals surface area contributed by atoms with E-state index in [1.54, 1.807) is 0 Å². The quantitative estimate of drug-likeness (QED) is 0.192. The van der Waals surface area contributed by atoms with Gasteiger partial charge in [0.2, 0.25) is 0 Å². The van der Waals surface area contributed by atoms with E-state index in [0.29, 0.717) is 0 Å². The third kappa shape index (κ3) is 6.50. The minimum absolute atomic E-state index is 0.846. The van der Waals surface area contributed by atoms with E-state index >= 15 is 0 Å². The first-order valence-corrected chi connectivity index (χ1v) is 10.4. The lowest BCUT2D eigenvalue weighted by Gasteiger charge is -2.40. The van der Waals surface area contributed by atoms with Crippen LogP contribution in [0.3, 0.4) is 0 Å². The smallest absolute Gasteiger partial charge is 0.394 e. The van der Waals surface area contributed by atoms with Crippen molar-refractivity contribution >= 4 is 23.5 Å². The van der Waals surface area contributed by atoms with Crippen molar-refractivity contribution in [3.05, 3.63) is 0 Å². The molecule has 0 aliphatic carbocycles. The van der Waals surface area contributed by atoms with Gasteiger partial charge < -0.3 is 45.4 Å². The molecule has 1 aliphatic rings. The summed E-state index contributed by atoms with van der Waals surface area (Å²) in [5.74, 6) is 0. The first kappa shape index (κ1) is 22.3. The molecule has 0 amide bonds. The summed E-state index contributed by atoms with van der Waals surface area (Å²) in [6.45, 7) is -0.846. The van der Waals surface area contributed by atoms with Crippen molar-refractivity contribution in [2.75, 3.05) is 6.61 Å². The molecule has 0 aromatic heterocycles. The van der Waals surface area contributed by atoms with E-state index in [9.17, 15) is 28.8 Å². The molecule has 1 saturated heterocycles. The maximum Gasteiger partial charge on any atom is 0.490 e. The molecule has 1 fully saturated rings. The number of aliphatic hydroxyl groups excluding tert-OH is 3. The van der Waals surface area contributed by atoms with Gasteiger partial charge in [-0.05, 0) is 0 Å². The molecule has 1 heterocycles. The molecular weight excluding hydrogens is 403 g/mol. The normalized spacial score (nSPS) is 36.8. The zero-order chi connectivity index (χ0) is 18.9. The molecule has 1 aliphatic heterocycles. The Labute approximate surface area is 134 Å². The first-order chi connectivity index (χ1) is 10.7. The van der Waals surface area contributed by atoms with E-state index in [0.717, 1.165) is 0 Å². The van der Waals surface area contributed by atoms with Crippen LogP contribution in [0.25, 0.3) is 0 Å². The Morgan fingerprint density at radius 2 is 1.50 bits per heavy atom. The molecule has 24 heavy (non-hydrogen) atoms. The van der Waals surface area contributed by atoms with Crippen LogP contribution >= 0.6 is 23.5 Å². The van der Waals surface area contributed by atoms with Crippen molar-refractivity contribution < 1.29 is 66.5 Å². The summed E-state index contributed by atoms with van der Waals surface area (Å²) in [6, 6.07) is -1.65. The van der Waals surface area contributed by atoms with Gasteiger partial charge in [0.25, 0.3) is 0 Å². The summed E-state index contributed by atoms with van der Waals surface area (Å²) in [5.41, 5.74) is 5.39. The molecule has 9 N–H and O–H groups in total. The Hall–Kier alpha value is 0.210. The molecule has 0 saturated carbocycles. The molecule has 18 heteroatoms. The molecule has 15 nitrogen and oxygen atoms in total. The monoisotopic (exact) mass is 419 g/mol. The zero-order valence-electron chi connectivity index (χ0n) is 11.5. The number of aliphatic hydroxyl groups is 3. The van der Waals surface area contributed by atoms with Gasteiger partial charge in [-0.25, -0.2) is 13.7 Å². The second-order valence-corrected chi connectivity index (χ2v) is 8.85. The minimum Gasteiger partial charge on any atom is -0.394 e. The fourth-order valence-corrected chi connectivity index (χ4v) is 4.74. The number of hydrogen-bond acceptors (Lipinski definition) is 11. The third-order valence-corrected chi connectivity index (χ3v) is 6.38. The highest BCUT2D eigenvalue weighted by Crippen LogP contribution is 2.66. The summed E-state index contributed by atoms with van der Waals surface area (Å²) < 4.78 is 49.3. The SMILES string of the molecule is N[C@H]1[C@H](OP(=O)(O)OP(=O)(O)OP(=O)(O)O)O[C@H](CO)[C@@H](O)[C@@H]1O. The highest BCUT2D eigenvalue weighted by molar-refractivity contribution is 7.66. The number of ether oxygens (including phenoxy) is 1. The van der Waals surface area contributed by atoms with Crippen LogP contribution in [0.15, 0.2) is 0 Å². The number of rotatable bonds is 7. The van der Waals surface area contributed by atoms with Gasteiger partial charge in [0.05, 0.1) is 12.6 Å². The van der Waals surface area contributed by atoms with Gasteiger partial charge in [0.15, 0.2) is 6.29 Å². The van der Waals surface area contributed by atoms with Crippen LogP contribution in [0, 0.1) is 0 Å². The molecule has 0 spiro atoms. The summed E-state index contributed by atoms with van der Waals surface area (Å²) in [7, 11) is -16.8. The van der Waals surface area contributed by atoms with Crippen LogP contribution in [0.5, 0.6) is 0 Å². The van der Waals surface area contributed by atoms with Crippen molar-refractivity contribution in [3.8, 4) is 0 Å². The van der Waals surface area contributed by atoms with Crippen molar-refractivity contribution in [2.24, 2.45) is 5.73 Å². The Kier molecular flexibility index (Phi) is 7.27. The number of phosphoric acid groups is 3. The first-order valence-electron chi connectivity index (χ1n) is 5.88. The topological polar surface area (TPSA) is 256 Å². The second-order valence-electron chi connectivity index (χ2n) is 4.48. The van der Waals surface area contributed by atoms with Crippen LogP contribution in [0.4, 0.5) is 0 Å². The summed E-state index contributed by atoms with van der Waals surface area (Å²) >= 11 is 0. The Bertz CT molecular complexity index is 575. The van der Waals surface area contributed by atoms with Gasteiger partial charge in [0.1, 0.15) is 18.3 Å². The van der Waals surface area contributed by atoms with Crippen LogP contribution in [0.2, 0.25) is 0 Å². The molecule has 0 aromatic carbocycles. The van der Waals surface area contributed by atoms with Gasteiger partial charge in [-0.1, -0.05) is 0 Å². The maximum atomic E-state index is 11.6. The lowest BCUT2D eigenvalue weighted by atomic mass is 9.98. The molecule has 0 radical (unpaired) electrons. The molecule has 2 unspecified atom stereocenters. The van der Waals surface area contributed by atoms with Crippen molar-refractivity contribution in [2.45, 2.75) is 30.6 Å². The van der Waals surface area contributed by atoms with Gasteiger partial charge in [-0.15, -0.1) is 0 Å². The minimum atomic E-state index is -5.73. The van der Waals surface area contributed by atoms with Crippen LogP contribution in [0.1, 0.15) is 0 Å². The lowest BCUT2D eigenvalue weighted by molar-refractivity contribution is -0.242. The number of phosphoric ester groups is 1. The van der Waals surface area contributed by atoms with Crippen LogP contribution < -0.4 is 5.73 Å². The molecular formula is C6H16NO14P3. The lowest BCUT2D eigenvalue weighted by Crippen LogP contribution is -2.62. The van der Waals surface area contributed by atoms with E-state index in [1.807, 2.05) is 0 Å². The summed E-state index contributed by atoms with van der Waals surface area (Å²) in [4.78, 5) is 35.1. The molecule has 7 atom stereocenters. The zero-order valence-corrected chi connectivity index (χ0v) is 14.2. The third-order valence-electron chi connectivity index (χ3n) is 2.58. The number of hydrogen-bond donors (Lipinski definition) is 8. The fraction of sp³-hybridized carbons (Fsp3) is 1.00. The van der Waals surface area contributed by atoms with Crippen molar-refractivity contribution in [3.63, 3.8) is 0 Å². The van der Waals surface area contributed by atoms with Crippen molar-refractivity contribution in [1.82, 2.24) is 0 Å². The van der Waals surface area contributed by atoms with E-state index in [1.165, 1.54) is 0 Å². The van der Waals surface area contributed by atoms with Gasteiger partial charge in [0, 0.05) is 0 Å². The van der Waals surface area contributed by atoms with Gasteiger partial charge in [-0.3, -0.25) is 4.52 Å². The second kappa shape index (κ2) is 7.84. The Balaban J connectivity index is 2.84. The highest BCUT2D eigenvalue weighted by atomic mass is 31.3. The van der Waals surface area contributed by atoms with Crippen LogP contribution in [-0.4, -0.2) is 72.1 Å². The standard InChI is InChI=1S/C6H16NO14P3/c7-3-5(10)4(9)2(1-8)18-6(3)19-23(14,15)21-24(16,17)20-22(11,12)13/h2-6,8-10H,1,7H2,(H,14,15)(H,16,17)(H2,11,12,13)/t2-,3-,4-,5-,6+/m1/s1. The van der Waals surface area contributed by atoms with E-state index < -0.39 is 60.7 Å². The molecule has 1 rings (SSSR count). The highest BCUT2D eigenvalue weighted by Gasteiger charge is 2.48. The fourth-order valence-electron chi connectivity index (χ4n) is 1.63. The summed E-state index contributed by atoms with van der Waals surface area (Å²) in [6.07, 6.45) is -6.90. The van der Waals surface area contributed by atoms with Gasteiger partial charge >= 0.3 is 23.5 Å². The largest absolute Gasteiger partial charge is 0.490 e. The average Bonchev–Trinajstić information content (AvgIpc) is 2.34.